The zero-order chi connectivity index (χ0) is 15.4. The fourth-order valence-corrected chi connectivity index (χ4v) is 2.87. The molecule has 2 fully saturated rings. The minimum Gasteiger partial charge on any atom is -0.497 e. The maximum atomic E-state index is 5.32. The summed E-state index contributed by atoms with van der Waals surface area (Å²) in [6.45, 7) is 5.10. The molecule has 0 bridgehead atoms. The van der Waals surface area contributed by atoms with Gasteiger partial charge in [0, 0.05) is 51.5 Å². The highest BCUT2D eigenvalue weighted by molar-refractivity contribution is 14.0. The summed E-state index contributed by atoms with van der Waals surface area (Å²) in [6.07, 6.45) is 2.74. The summed E-state index contributed by atoms with van der Waals surface area (Å²) in [7, 11) is 3.59. The van der Waals surface area contributed by atoms with E-state index in [1.807, 2.05) is 13.1 Å². The Kier molecular flexibility index (Phi) is 6.80. The van der Waals surface area contributed by atoms with Crippen LogP contribution in [0, 0.1) is 5.92 Å². The van der Waals surface area contributed by atoms with Crippen LogP contribution in [0.5, 0.6) is 5.75 Å². The SMILES string of the molecule is CN=C(NCC1CC1)N1CCN(c2cccc(OC)c2)CC1.I. The molecule has 1 saturated heterocycles. The van der Waals surface area contributed by atoms with E-state index in [0.717, 1.165) is 50.4 Å². The average molecular weight is 430 g/mol. The lowest BCUT2D eigenvalue weighted by Gasteiger charge is -2.37. The van der Waals surface area contributed by atoms with Crippen molar-refractivity contribution >= 4 is 35.6 Å². The van der Waals surface area contributed by atoms with E-state index in [2.05, 4.69) is 38.3 Å². The van der Waals surface area contributed by atoms with Crippen molar-refractivity contribution in [3.8, 4) is 5.75 Å². The van der Waals surface area contributed by atoms with Crippen LogP contribution in [0.1, 0.15) is 12.8 Å². The second-order valence-electron chi connectivity index (χ2n) is 6.05. The second kappa shape index (κ2) is 8.61. The lowest BCUT2D eigenvalue weighted by Crippen LogP contribution is -2.52. The molecule has 0 radical (unpaired) electrons. The topological polar surface area (TPSA) is 40.1 Å². The second-order valence-corrected chi connectivity index (χ2v) is 6.05. The Hall–Kier alpha value is -1.18. The van der Waals surface area contributed by atoms with Gasteiger partial charge in [-0.25, -0.2) is 0 Å². The van der Waals surface area contributed by atoms with Crippen molar-refractivity contribution in [2.45, 2.75) is 12.8 Å². The highest BCUT2D eigenvalue weighted by Crippen LogP contribution is 2.27. The summed E-state index contributed by atoms with van der Waals surface area (Å²) in [5, 5.41) is 3.51. The van der Waals surface area contributed by atoms with Crippen molar-refractivity contribution in [3.63, 3.8) is 0 Å². The summed E-state index contributed by atoms with van der Waals surface area (Å²) in [4.78, 5) is 9.20. The predicted octanol–water partition coefficient (Wildman–Crippen LogP) is 2.42. The van der Waals surface area contributed by atoms with Crippen LogP contribution >= 0.6 is 24.0 Å². The third-order valence-electron chi connectivity index (χ3n) is 4.46. The van der Waals surface area contributed by atoms with E-state index in [4.69, 9.17) is 4.74 Å². The van der Waals surface area contributed by atoms with Gasteiger partial charge in [-0.2, -0.15) is 0 Å². The lowest BCUT2D eigenvalue weighted by molar-refractivity contribution is 0.371. The molecule has 1 aliphatic heterocycles. The number of nitrogens with zero attached hydrogens (tertiary/aromatic N) is 3. The van der Waals surface area contributed by atoms with Crippen LogP contribution in [0.15, 0.2) is 29.3 Å². The lowest BCUT2D eigenvalue weighted by atomic mass is 10.2. The Labute approximate surface area is 156 Å². The van der Waals surface area contributed by atoms with Crippen LogP contribution < -0.4 is 15.0 Å². The van der Waals surface area contributed by atoms with Crippen LogP contribution in [-0.4, -0.2) is 57.7 Å². The molecule has 6 heteroatoms. The molecule has 1 N–H and O–H groups in total. The molecule has 0 unspecified atom stereocenters. The number of piperazine rings is 1. The Morgan fingerprint density at radius 1 is 1.26 bits per heavy atom. The number of rotatable bonds is 4. The number of guanidine groups is 1. The Morgan fingerprint density at radius 2 is 2.00 bits per heavy atom. The van der Waals surface area contributed by atoms with Gasteiger partial charge < -0.3 is 19.9 Å². The minimum absolute atomic E-state index is 0. The molecule has 0 amide bonds. The van der Waals surface area contributed by atoms with E-state index in [0.29, 0.717) is 0 Å². The summed E-state index contributed by atoms with van der Waals surface area (Å²) in [6, 6.07) is 8.30. The fourth-order valence-electron chi connectivity index (χ4n) is 2.87. The third kappa shape index (κ3) is 4.89. The maximum Gasteiger partial charge on any atom is 0.193 e. The average Bonchev–Trinajstić information content (AvgIpc) is 3.40. The molecular formula is C17H27IN4O. The molecule has 3 rings (SSSR count). The van der Waals surface area contributed by atoms with Crippen molar-refractivity contribution in [2.75, 3.05) is 51.8 Å². The van der Waals surface area contributed by atoms with Crippen molar-refractivity contribution in [1.82, 2.24) is 10.2 Å². The first kappa shape index (κ1) is 18.2. The van der Waals surface area contributed by atoms with Gasteiger partial charge >= 0.3 is 0 Å². The van der Waals surface area contributed by atoms with Crippen LogP contribution in [0.4, 0.5) is 5.69 Å². The van der Waals surface area contributed by atoms with E-state index in [9.17, 15) is 0 Å². The molecule has 0 atom stereocenters. The minimum atomic E-state index is 0. The molecule has 5 nitrogen and oxygen atoms in total. The van der Waals surface area contributed by atoms with Gasteiger partial charge in [-0.1, -0.05) is 6.07 Å². The maximum absolute atomic E-state index is 5.32. The van der Waals surface area contributed by atoms with E-state index in [1.165, 1.54) is 18.5 Å². The van der Waals surface area contributed by atoms with E-state index in [-0.39, 0.29) is 24.0 Å². The highest BCUT2D eigenvalue weighted by Gasteiger charge is 2.24. The molecule has 1 aliphatic carbocycles. The third-order valence-corrected chi connectivity index (χ3v) is 4.46. The number of anilines is 1. The quantitative estimate of drug-likeness (QED) is 0.453. The Morgan fingerprint density at radius 3 is 2.61 bits per heavy atom. The van der Waals surface area contributed by atoms with Crippen LogP contribution in [0.2, 0.25) is 0 Å². The van der Waals surface area contributed by atoms with E-state index >= 15 is 0 Å². The number of halogens is 1. The van der Waals surface area contributed by atoms with Crippen molar-refractivity contribution in [3.05, 3.63) is 24.3 Å². The summed E-state index contributed by atoms with van der Waals surface area (Å²) >= 11 is 0. The van der Waals surface area contributed by atoms with Crippen LogP contribution in [0.25, 0.3) is 0 Å². The molecule has 1 saturated carbocycles. The van der Waals surface area contributed by atoms with Crippen molar-refractivity contribution in [1.29, 1.82) is 0 Å². The molecular weight excluding hydrogens is 403 g/mol. The van der Waals surface area contributed by atoms with Gasteiger partial charge in [-0.15, -0.1) is 24.0 Å². The molecule has 1 heterocycles. The smallest absolute Gasteiger partial charge is 0.193 e. The first-order valence-electron chi connectivity index (χ1n) is 8.14. The largest absolute Gasteiger partial charge is 0.497 e. The van der Waals surface area contributed by atoms with Crippen molar-refractivity contribution in [2.24, 2.45) is 10.9 Å². The van der Waals surface area contributed by atoms with Gasteiger partial charge in [-0.05, 0) is 30.9 Å². The van der Waals surface area contributed by atoms with Gasteiger partial charge in [0.05, 0.1) is 7.11 Å². The monoisotopic (exact) mass is 430 g/mol. The zero-order valence-electron chi connectivity index (χ0n) is 14.0. The van der Waals surface area contributed by atoms with Crippen LogP contribution in [-0.2, 0) is 0 Å². The summed E-state index contributed by atoms with van der Waals surface area (Å²) in [5.74, 6) is 2.84. The van der Waals surface area contributed by atoms with Gasteiger partial charge in [0.15, 0.2) is 5.96 Å². The summed E-state index contributed by atoms with van der Waals surface area (Å²) in [5.41, 5.74) is 1.24. The van der Waals surface area contributed by atoms with E-state index < -0.39 is 0 Å². The number of nitrogens with one attached hydrogen (secondary N) is 1. The zero-order valence-corrected chi connectivity index (χ0v) is 16.3. The van der Waals surface area contributed by atoms with Gasteiger partial charge in [0.2, 0.25) is 0 Å². The fraction of sp³-hybridized carbons (Fsp3) is 0.588. The van der Waals surface area contributed by atoms with Gasteiger partial charge in [-0.3, -0.25) is 4.99 Å². The number of hydrogen-bond acceptors (Lipinski definition) is 3. The standard InChI is InChI=1S/C17H26N4O.HI/c1-18-17(19-13-14-6-7-14)21-10-8-20(9-11-21)15-4-3-5-16(12-15)22-2;/h3-5,12,14H,6-11,13H2,1-2H3,(H,18,19);1H. The summed E-state index contributed by atoms with van der Waals surface area (Å²) < 4.78 is 5.32. The van der Waals surface area contributed by atoms with Crippen molar-refractivity contribution < 1.29 is 4.74 Å². The molecule has 1 aromatic rings. The molecule has 128 valence electrons. The number of benzene rings is 1. The number of ether oxygens (including phenoxy) is 1. The first-order valence-corrected chi connectivity index (χ1v) is 8.14. The first-order chi connectivity index (χ1) is 10.8. The predicted molar refractivity (Wildman–Crippen MR) is 106 cm³/mol. The molecule has 0 aromatic heterocycles. The molecule has 2 aliphatic rings. The number of aliphatic imine (C=N–C) groups is 1. The molecule has 0 spiro atoms. The highest BCUT2D eigenvalue weighted by atomic mass is 127. The molecule has 1 aromatic carbocycles. The van der Waals surface area contributed by atoms with Gasteiger partial charge in [0.1, 0.15) is 5.75 Å². The number of hydrogen-bond donors (Lipinski definition) is 1. The number of methoxy groups -OCH3 is 1. The Balaban J connectivity index is 0.00000192. The molecule has 23 heavy (non-hydrogen) atoms. The normalized spacial score (nSPS) is 18.4. The van der Waals surface area contributed by atoms with Gasteiger partial charge in [0.25, 0.3) is 0 Å². The Bertz CT molecular complexity index is 525. The van der Waals surface area contributed by atoms with Crippen LogP contribution in [0.3, 0.4) is 0 Å². The van der Waals surface area contributed by atoms with E-state index in [1.54, 1.807) is 7.11 Å².